The molecule has 3 saturated heterocycles. The zero-order valence-corrected chi connectivity index (χ0v) is 38.3. The molecular formula is C43H70O19S. The molecule has 0 aromatic carbocycles. The standard InChI is InChI=1S/C43H70O19S/c1-19(44)32-28(60-40-36(49)35(48)34(47)30(61-40)18-55-63(50,51)52)16-27-25-10-9-23-15-24(11-13-42(23,5)26(25)12-14-43(27,32)6)59-31-17-29(53-7)37(21(3)56-31)62-41-39(58-22(4)45)38(54-8)33(46)20(2)57-41/h9,19-21,24-41,44,46-49H,10-18H2,1-8H3,(H,50,51,52)/t19-,20+,21+,24-,25+,26-,27-,28+,29-,30+,31-,32-,33-,34+,35-,36+,37+,38-,39+,40+,41-,42-,43-/m0/s1. The minimum Gasteiger partial charge on any atom is -0.454 e. The Morgan fingerprint density at radius 1 is 0.841 bits per heavy atom. The van der Waals surface area contributed by atoms with Gasteiger partial charge in [0.25, 0.3) is 0 Å². The summed E-state index contributed by atoms with van der Waals surface area (Å²) in [5, 5.41) is 54.0. The summed E-state index contributed by atoms with van der Waals surface area (Å²) in [5.41, 5.74) is 0.969. The van der Waals surface area contributed by atoms with E-state index in [-0.39, 0.29) is 34.7 Å². The van der Waals surface area contributed by atoms with Gasteiger partial charge >= 0.3 is 16.4 Å². The van der Waals surface area contributed by atoms with Crippen molar-refractivity contribution in [1.29, 1.82) is 0 Å². The van der Waals surface area contributed by atoms with Crippen LogP contribution in [0.3, 0.4) is 0 Å². The van der Waals surface area contributed by atoms with E-state index in [1.54, 1.807) is 21.0 Å². The number of carbonyl (C=O) groups is 1. The fourth-order valence-electron chi connectivity index (χ4n) is 12.8. The van der Waals surface area contributed by atoms with Crippen molar-refractivity contribution in [2.24, 2.45) is 34.5 Å². The van der Waals surface area contributed by atoms with Gasteiger partial charge in [-0.15, -0.1) is 0 Å². The summed E-state index contributed by atoms with van der Waals surface area (Å²) >= 11 is 0. The molecule has 3 heterocycles. The van der Waals surface area contributed by atoms with Crippen molar-refractivity contribution in [2.75, 3.05) is 20.8 Å². The number of allylic oxidation sites excluding steroid dienone is 1. The maximum Gasteiger partial charge on any atom is 0.397 e. The number of rotatable bonds is 13. The van der Waals surface area contributed by atoms with E-state index in [4.69, 9.17) is 47.2 Å². The van der Waals surface area contributed by atoms with Gasteiger partial charge in [0.1, 0.15) is 42.7 Å². The molecule has 7 aliphatic rings. The highest BCUT2D eigenvalue weighted by Crippen LogP contribution is 2.67. The van der Waals surface area contributed by atoms with Gasteiger partial charge in [0, 0.05) is 33.5 Å². The van der Waals surface area contributed by atoms with Crippen LogP contribution in [-0.4, -0.2) is 170 Å². The fraction of sp³-hybridized carbons (Fsp3) is 0.930. The molecule has 6 N–H and O–H groups in total. The van der Waals surface area contributed by atoms with E-state index in [1.807, 2.05) is 6.92 Å². The first-order valence-corrected chi connectivity index (χ1v) is 23.8. The van der Waals surface area contributed by atoms with Crippen LogP contribution >= 0.6 is 0 Å². The van der Waals surface area contributed by atoms with Gasteiger partial charge in [0.15, 0.2) is 25.0 Å². The maximum atomic E-state index is 12.0. The molecule has 0 aromatic heterocycles. The molecule has 23 atom stereocenters. The topological polar surface area (TPSA) is 265 Å². The van der Waals surface area contributed by atoms with Crippen molar-refractivity contribution < 1.29 is 90.1 Å². The largest absolute Gasteiger partial charge is 0.454 e. The zero-order chi connectivity index (χ0) is 45.9. The summed E-state index contributed by atoms with van der Waals surface area (Å²) in [4.78, 5) is 12.0. The van der Waals surface area contributed by atoms with Crippen molar-refractivity contribution in [2.45, 2.75) is 197 Å². The number of aliphatic hydroxyl groups is 5. The third-order valence-electron chi connectivity index (χ3n) is 15.9. The number of hydrogen-bond donors (Lipinski definition) is 6. The number of methoxy groups -OCH3 is 2. The van der Waals surface area contributed by atoms with Crippen LogP contribution < -0.4 is 0 Å². The van der Waals surface area contributed by atoms with Gasteiger partial charge < -0.3 is 68.2 Å². The van der Waals surface area contributed by atoms with Crippen LogP contribution in [0.5, 0.6) is 0 Å². The molecule has 19 nitrogen and oxygen atoms in total. The average Bonchev–Trinajstić information content (AvgIpc) is 3.52. The summed E-state index contributed by atoms with van der Waals surface area (Å²) in [6.07, 6.45) is -7.80. The Labute approximate surface area is 369 Å². The predicted octanol–water partition coefficient (Wildman–Crippen LogP) is 1.54. The molecule has 0 bridgehead atoms. The Balaban J connectivity index is 0.998. The number of carbonyl (C=O) groups excluding carboxylic acids is 1. The SMILES string of the molecule is CO[C@H]1[C@@H](O)[C@@H](C)O[C@@H](O[C@H]2[C@@H](OC)C[C@H](O[C@H]3CC[C@@]4(C)C(=CC[C@H]5[C@@H]6C[C@@H](O[C@@H]7O[C@H](COS(=O)(=O)O)[C@@H](O)[C@H](O)[C@H]7O)[C@H]([C@H](C)O)[C@@]6(C)CC[C@@H]54)C3)O[C@@H]2C)[C@@H]1OC(C)=O. The molecule has 0 radical (unpaired) electrons. The van der Waals surface area contributed by atoms with E-state index < -0.39 is 121 Å². The van der Waals surface area contributed by atoms with Gasteiger partial charge in [-0.25, -0.2) is 4.18 Å². The van der Waals surface area contributed by atoms with Crippen molar-refractivity contribution >= 4 is 16.4 Å². The van der Waals surface area contributed by atoms with E-state index in [9.17, 15) is 38.7 Å². The number of ether oxygens (including phenoxy) is 9. The molecule has 6 fully saturated rings. The quantitative estimate of drug-likeness (QED) is 0.0869. The first-order valence-electron chi connectivity index (χ1n) is 22.5. The maximum absolute atomic E-state index is 12.0. The van der Waals surface area contributed by atoms with E-state index in [1.165, 1.54) is 19.6 Å². The van der Waals surface area contributed by atoms with Gasteiger partial charge in [-0.1, -0.05) is 25.5 Å². The average molecular weight is 923 g/mol. The van der Waals surface area contributed by atoms with Crippen molar-refractivity contribution in [1.82, 2.24) is 0 Å². The molecule has 0 spiro atoms. The monoisotopic (exact) mass is 922 g/mol. The Hall–Kier alpha value is -1.44. The molecule has 4 aliphatic carbocycles. The molecule has 20 heteroatoms. The number of fused-ring (bicyclic) bond motifs is 5. The van der Waals surface area contributed by atoms with E-state index in [0.29, 0.717) is 18.8 Å². The van der Waals surface area contributed by atoms with Crippen LogP contribution in [0, 0.1) is 34.5 Å². The molecule has 3 aliphatic heterocycles. The number of esters is 1. The van der Waals surface area contributed by atoms with Crippen molar-refractivity contribution in [3.63, 3.8) is 0 Å². The molecule has 362 valence electrons. The summed E-state index contributed by atoms with van der Waals surface area (Å²) in [7, 11) is -1.84. The molecule has 63 heavy (non-hydrogen) atoms. The lowest BCUT2D eigenvalue weighted by Gasteiger charge is -2.58. The van der Waals surface area contributed by atoms with Crippen LogP contribution in [0.15, 0.2) is 11.6 Å². The minimum atomic E-state index is -4.87. The summed E-state index contributed by atoms with van der Waals surface area (Å²) in [5.74, 6) is -0.117. The van der Waals surface area contributed by atoms with E-state index in [0.717, 1.165) is 38.5 Å². The Morgan fingerprint density at radius 2 is 1.57 bits per heavy atom. The summed E-state index contributed by atoms with van der Waals surface area (Å²) in [6, 6.07) is 0. The highest BCUT2D eigenvalue weighted by Gasteiger charge is 2.63. The van der Waals surface area contributed by atoms with Gasteiger partial charge in [-0.3, -0.25) is 9.35 Å². The first kappa shape index (κ1) is 49.5. The van der Waals surface area contributed by atoms with Gasteiger partial charge in [0.05, 0.1) is 43.2 Å². The van der Waals surface area contributed by atoms with Crippen LogP contribution in [0.25, 0.3) is 0 Å². The third-order valence-corrected chi connectivity index (χ3v) is 16.3. The van der Waals surface area contributed by atoms with Gasteiger partial charge in [-0.05, 0) is 94.3 Å². The minimum absolute atomic E-state index is 0.0788. The molecule has 0 aromatic rings. The normalized spacial score (nSPS) is 49.5. The second kappa shape index (κ2) is 19.3. The molecule has 7 rings (SSSR count). The predicted molar refractivity (Wildman–Crippen MR) is 217 cm³/mol. The fourth-order valence-corrected chi connectivity index (χ4v) is 13.1. The molecule has 3 saturated carbocycles. The van der Waals surface area contributed by atoms with E-state index >= 15 is 0 Å². The highest BCUT2D eigenvalue weighted by molar-refractivity contribution is 7.80. The lowest BCUT2D eigenvalue weighted by molar-refractivity contribution is -0.343. The highest BCUT2D eigenvalue weighted by atomic mass is 32.3. The van der Waals surface area contributed by atoms with Crippen molar-refractivity contribution in [3.8, 4) is 0 Å². The smallest absolute Gasteiger partial charge is 0.397 e. The Morgan fingerprint density at radius 3 is 2.22 bits per heavy atom. The lowest BCUT2D eigenvalue weighted by Crippen LogP contribution is -2.62. The lowest BCUT2D eigenvalue weighted by atomic mass is 9.47. The third kappa shape index (κ3) is 9.80. The van der Waals surface area contributed by atoms with Crippen LogP contribution in [0.2, 0.25) is 0 Å². The van der Waals surface area contributed by atoms with Gasteiger partial charge in [0.2, 0.25) is 0 Å². The molecular weight excluding hydrogens is 853 g/mol. The van der Waals surface area contributed by atoms with E-state index in [2.05, 4.69) is 24.1 Å². The molecule has 0 amide bonds. The Kier molecular flexibility index (Phi) is 15.1. The van der Waals surface area contributed by atoms with Crippen LogP contribution in [0.1, 0.15) is 92.9 Å². The zero-order valence-electron chi connectivity index (χ0n) is 37.5. The van der Waals surface area contributed by atoms with Gasteiger partial charge in [-0.2, -0.15) is 8.42 Å². The van der Waals surface area contributed by atoms with Crippen LogP contribution in [0.4, 0.5) is 0 Å². The Bertz CT molecular complexity index is 1730. The summed E-state index contributed by atoms with van der Waals surface area (Å²) < 4.78 is 90.7. The second-order valence-corrected chi connectivity index (χ2v) is 20.7. The second-order valence-electron chi connectivity index (χ2n) is 19.6. The van der Waals surface area contributed by atoms with Crippen LogP contribution in [-0.2, 0) is 62.0 Å². The summed E-state index contributed by atoms with van der Waals surface area (Å²) in [6.45, 7) is 10.3. The number of hydrogen-bond acceptors (Lipinski definition) is 18. The first-order chi connectivity index (χ1) is 29.6. The van der Waals surface area contributed by atoms with Crippen molar-refractivity contribution in [3.05, 3.63) is 11.6 Å². The number of aliphatic hydroxyl groups excluding tert-OH is 5. The molecule has 0 unspecified atom stereocenters.